The van der Waals surface area contributed by atoms with Crippen molar-refractivity contribution in [3.8, 4) is 11.5 Å². The maximum atomic E-state index is 11.6. The van der Waals surface area contributed by atoms with Gasteiger partial charge >= 0.3 is 12.1 Å². The molecule has 0 aliphatic heterocycles. The molecule has 0 atom stereocenters. The lowest BCUT2D eigenvalue weighted by molar-refractivity contribution is -0.132. The van der Waals surface area contributed by atoms with E-state index in [2.05, 4.69) is 12.2 Å². The van der Waals surface area contributed by atoms with Crippen LogP contribution in [0, 0.1) is 0 Å². The van der Waals surface area contributed by atoms with E-state index in [1.165, 1.54) is 20.5 Å². The largest absolute Gasteiger partial charge is 0.493 e. The minimum absolute atomic E-state index is 0.123. The summed E-state index contributed by atoms with van der Waals surface area (Å²) in [4.78, 5) is 22.6. The molecule has 1 N–H and O–H groups in total. The first-order valence-corrected chi connectivity index (χ1v) is 7.82. The van der Waals surface area contributed by atoms with E-state index in [-0.39, 0.29) is 6.61 Å². The van der Waals surface area contributed by atoms with Gasteiger partial charge in [-0.3, -0.25) is 4.79 Å². The van der Waals surface area contributed by atoms with Gasteiger partial charge in [0.2, 0.25) is 0 Å². The van der Waals surface area contributed by atoms with E-state index in [1.807, 2.05) is 0 Å². The van der Waals surface area contributed by atoms with Gasteiger partial charge in [0.15, 0.2) is 11.5 Å². The summed E-state index contributed by atoms with van der Waals surface area (Å²) in [6, 6.07) is 5.00. The lowest BCUT2D eigenvalue weighted by Gasteiger charge is -2.11. The second-order valence-electron chi connectivity index (χ2n) is 5.14. The summed E-state index contributed by atoms with van der Waals surface area (Å²) >= 11 is 0. The Morgan fingerprint density at radius 1 is 1.13 bits per heavy atom. The zero-order chi connectivity index (χ0) is 17.1. The Balaban J connectivity index is 2.42. The zero-order valence-electron chi connectivity index (χ0n) is 14.0. The van der Waals surface area contributed by atoms with Crippen LogP contribution in [-0.2, 0) is 16.1 Å². The lowest BCUT2D eigenvalue weighted by Crippen LogP contribution is -2.25. The fourth-order valence-corrected chi connectivity index (χ4v) is 1.98. The summed E-state index contributed by atoms with van der Waals surface area (Å²) in [5, 5.41) is 2.72. The normalized spacial score (nSPS) is 10.0. The highest BCUT2D eigenvalue weighted by Gasteiger charge is 2.09. The molecule has 1 aromatic carbocycles. The first-order chi connectivity index (χ1) is 11.1. The topological polar surface area (TPSA) is 73.9 Å². The maximum absolute atomic E-state index is 11.6. The van der Waals surface area contributed by atoms with E-state index in [4.69, 9.17) is 14.2 Å². The van der Waals surface area contributed by atoms with Crippen molar-refractivity contribution in [3.63, 3.8) is 0 Å². The molecule has 0 saturated heterocycles. The molecule has 0 heterocycles. The van der Waals surface area contributed by atoms with E-state index < -0.39 is 12.1 Å². The first-order valence-electron chi connectivity index (χ1n) is 7.82. The quantitative estimate of drug-likeness (QED) is 0.428. The standard InChI is InChI=1S/C17H25NO5/c1-4-5-6-7-10-18-17(20)22-12-14-8-9-15(23-13(2)19)16(11-14)21-3/h8-9,11H,4-7,10,12H2,1-3H3,(H,18,20). The van der Waals surface area contributed by atoms with Crippen LogP contribution < -0.4 is 14.8 Å². The van der Waals surface area contributed by atoms with Gasteiger partial charge in [-0.2, -0.15) is 0 Å². The molecule has 0 radical (unpaired) electrons. The van der Waals surface area contributed by atoms with Crippen LogP contribution in [0.2, 0.25) is 0 Å². The van der Waals surface area contributed by atoms with E-state index in [1.54, 1.807) is 18.2 Å². The fraction of sp³-hybridized carbons (Fsp3) is 0.529. The molecule has 1 aromatic rings. The van der Waals surface area contributed by atoms with Gasteiger partial charge in [0, 0.05) is 13.5 Å². The molecule has 0 unspecified atom stereocenters. The van der Waals surface area contributed by atoms with Crippen LogP contribution in [0.1, 0.15) is 45.1 Å². The SMILES string of the molecule is CCCCCCNC(=O)OCc1ccc(OC(C)=O)c(OC)c1. The molecule has 0 bridgehead atoms. The monoisotopic (exact) mass is 323 g/mol. The minimum Gasteiger partial charge on any atom is -0.493 e. The number of benzene rings is 1. The molecule has 0 aliphatic carbocycles. The third kappa shape index (κ3) is 7.54. The number of hydrogen-bond acceptors (Lipinski definition) is 5. The molecule has 6 heteroatoms. The number of rotatable bonds is 9. The van der Waals surface area contributed by atoms with Crippen LogP contribution >= 0.6 is 0 Å². The van der Waals surface area contributed by atoms with Gasteiger partial charge in [-0.1, -0.05) is 32.3 Å². The summed E-state index contributed by atoms with van der Waals surface area (Å²) in [5.41, 5.74) is 0.749. The first kappa shape index (κ1) is 18.8. The smallest absolute Gasteiger partial charge is 0.407 e. The van der Waals surface area contributed by atoms with Crippen molar-refractivity contribution in [1.82, 2.24) is 5.32 Å². The van der Waals surface area contributed by atoms with Crippen LogP contribution in [-0.4, -0.2) is 25.7 Å². The number of carbonyl (C=O) groups excluding carboxylic acids is 2. The summed E-state index contributed by atoms with van der Waals surface area (Å²) in [6.45, 7) is 4.20. The Morgan fingerprint density at radius 3 is 2.57 bits per heavy atom. The summed E-state index contributed by atoms with van der Waals surface area (Å²) in [6.07, 6.45) is 3.95. The predicted octanol–water partition coefficient (Wildman–Crippen LogP) is 3.43. The third-order valence-electron chi connectivity index (χ3n) is 3.15. The predicted molar refractivity (Wildman–Crippen MR) is 86.6 cm³/mol. The number of ether oxygens (including phenoxy) is 3. The van der Waals surface area contributed by atoms with Gasteiger partial charge < -0.3 is 19.5 Å². The van der Waals surface area contributed by atoms with Crippen LogP contribution in [0.5, 0.6) is 11.5 Å². The molecular formula is C17H25NO5. The van der Waals surface area contributed by atoms with Crippen LogP contribution in [0.25, 0.3) is 0 Å². The van der Waals surface area contributed by atoms with Gasteiger partial charge in [-0.15, -0.1) is 0 Å². The van der Waals surface area contributed by atoms with E-state index >= 15 is 0 Å². The van der Waals surface area contributed by atoms with Gasteiger partial charge in [-0.25, -0.2) is 4.79 Å². The van der Waals surface area contributed by atoms with Crippen molar-refractivity contribution in [1.29, 1.82) is 0 Å². The second-order valence-corrected chi connectivity index (χ2v) is 5.14. The Bertz CT molecular complexity index is 516. The highest BCUT2D eigenvalue weighted by Crippen LogP contribution is 2.28. The highest BCUT2D eigenvalue weighted by atomic mass is 16.6. The number of amides is 1. The third-order valence-corrected chi connectivity index (χ3v) is 3.15. The number of unbranched alkanes of at least 4 members (excludes halogenated alkanes) is 3. The molecule has 0 aliphatic rings. The molecule has 23 heavy (non-hydrogen) atoms. The van der Waals surface area contributed by atoms with Gasteiger partial charge in [-0.05, 0) is 24.1 Å². The number of methoxy groups -OCH3 is 1. The zero-order valence-corrected chi connectivity index (χ0v) is 14.0. The molecule has 0 fully saturated rings. The molecule has 0 aromatic heterocycles. The number of carbonyl (C=O) groups is 2. The van der Waals surface area contributed by atoms with Crippen molar-refractivity contribution >= 4 is 12.1 Å². The van der Waals surface area contributed by atoms with Gasteiger partial charge in [0.25, 0.3) is 0 Å². The lowest BCUT2D eigenvalue weighted by atomic mass is 10.2. The Morgan fingerprint density at radius 2 is 1.91 bits per heavy atom. The summed E-state index contributed by atoms with van der Waals surface area (Å²) in [5.74, 6) is 0.333. The molecule has 1 rings (SSSR count). The second kappa shape index (κ2) is 10.5. The fourth-order valence-electron chi connectivity index (χ4n) is 1.98. The minimum atomic E-state index is -0.440. The van der Waals surface area contributed by atoms with Crippen molar-refractivity contribution in [2.24, 2.45) is 0 Å². The van der Waals surface area contributed by atoms with Crippen molar-refractivity contribution < 1.29 is 23.8 Å². The average Bonchev–Trinajstić information content (AvgIpc) is 2.53. The Labute approximate surface area is 137 Å². The van der Waals surface area contributed by atoms with Crippen LogP contribution in [0.4, 0.5) is 4.79 Å². The van der Waals surface area contributed by atoms with Crippen molar-refractivity contribution in [2.45, 2.75) is 46.1 Å². The van der Waals surface area contributed by atoms with Crippen LogP contribution in [0.15, 0.2) is 18.2 Å². The molecule has 0 saturated carbocycles. The molecule has 0 spiro atoms. The molecule has 1 amide bonds. The Hall–Kier alpha value is -2.24. The molecular weight excluding hydrogens is 298 g/mol. The van der Waals surface area contributed by atoms with Gasteiger partial charge in [0.05, 0.1) is 7.11 Å². The molecule has 6 nitrogen and oxygen atoms in total. The van der Waals surface area contributed by atoms with Gasteiger partial charge in [0.1, 0.15) is 6.61 Å². The summed E-state index contributed by atoms with van der Waals surface area (Å²) in [7, 11) is 1.48. The maximum Gasteiger partial charge on any atom is 0.407 e. The number of nitrogens with one attached hydrogen (secondary N) is 1. The number of esters is 1. The van der Waals surface area contributed by atoms with E-state index in [0.717, 1.165) is 24.8 Å². The molecule has 128 valence electrons. The number of alkyl carbamates (subject to hydrolysis) is 1. The average molecular weight is 323 g/mol. The Kier molecular flexibility index (Phi) is 8.57. The highest BCUT2D eigenvalue weighted by molar-refractivity contribution is 5.70. The van der Waals surface area contributed by atoms with E-state index in [9.17, 15) is 9.59 Å². The summed E-state index contributed by atoms with van der Waals surface area (Å²) < 4.78 is 15.3. The van der Waals surface area contributed by atoms with E-state index in [0.29, 0.717) is 18.0 Å². The van der Waals surface area contributed by atoms with Crippen molar-refractivity contribution in [3.05, 3.63) is 23.8 Å². The van der Waals surface area contributed by atoms with Crippen molar-refractivity contribution in [2.75, 3.05) is 13.7 Å². The van der Waals surface area contributed by atoms with Crippen LogP contribution in [0.3, 0.4) is 0 Å². The number of hydrogen-bond donors (Lipinski definition) is 1.